The molecule has 0 saturated carbocycles. The summed E-state index contributed by atoms with van der Waals surface area (Å²) in [6.45, 7) is 3.03. The largest absolute Gasteiger partial charge is 0.496 e. The van der Waals surface area contributed by atoms with Gasteiger partial charge in [0.15, 0.2) is 0 Å². The Morgan fingerprint density at radius 2 is 1.26 bits per heavy atom. The fraction of sp³-hybridized carbons (Fsp3) is 0.774. The van der Waals surface area contributed by atoms with Crippen LogP contribution in [0.3, 0.4) is 0 Å². The molecule has 2 atom stereocenters. The van der Waals surface area contributed by atoms with Crippen molar-refractivity contribution in [1.82, 2.24) is 10.6 Å². The highest BCUT2D eigenvalue weighted by Gasteiger charge is 2.34. The van der Waals surface area contributed by atoms with Crippen LogP contribution in [0.2, 0.25) is 0 Å². The number of unbranched alkanes of at least 4 members (excludes halogenated alkanes) is 15. The van der Waals surface area contributed by atoms with Gasteiger partial charge in [0.1, 0.15) is 17.2 Å². The van der Waals surface area contributed by atoms with E-state index < -0.39 is 0 Å². The normalized spacial score (nSPS) is 16.9. The average molecular weight is 551 g/mol. The van der Waals surface area contributed by atoms with Gasteiger partial charge in [0.05, 0.1) is 38.3 Å². The average Bonchev–Trinajstić information content (AvgIpc) is 3.43. The van der Waals surface area contributed by atoms with Crippen LogP contribution in [0.1, 0.15) is 121 Å². The molecule has 2 rings (SSSR count). The number of amides is 1. The number of nitrogens with one attached hydrogen (secondary N) is 2. The first-order valence-corrected chi connectivity index (χ1v) is 16.1. The van der Waals surface area contributed by atoms with Crippen molar-refractivity contribution in [1.29, 1.82) is 0 Å². The summed E-state index contributed by atoms with van der Waals surface area (Å²) in [6, 6.07) is 3.48. The van der Waals surface area contributed by atoms with Crippen molar-refractivity contribution in [3.05, 3.63) is 17.7 Å². The summed E-state index contributed by atoms with van der Waals surface area (Å²) in [5, 5.41) is 6.50. The van der Waals surface area contributed by atoms with E-state index in [-0.39, 0.29) is 17.3 Å². The zero-order valence-corrected chi connectivity index (χ0v) is 25.4. The molecule has 1 aromatic carbocycles. The molecular formula is C31H54N2O4S. The molecule has 1 heterocycles. The van der Waals surface area contributed by atoms with Crippen LogP contribution in [-0.2, 0) is 4.79 Å². The molecule has 0 bridgehead atoms. The van der Waals surface area contributed by atoms with Gasteiger partial charge in [-0.25, -0.2) is 0 Å². The van der Waals surface area contributed by atoms with Crippen LogP contribution in [-0.4, -0.2) is 45.6 Å². The molecule has 1 fully saturated rings. The van der Waals surface area contributed by atoms with Gasteiger partial charge in [0.2, 0.25) is 5.91 Å². The molecule has 218 valence electrons. The monoisotopic (exact) mass is 550 g/mol. The van der Waals surface area contributed by atoms with E-state index in [0.29, 0.717) is 23.0 Å². The van der Waals surface area contributed by atoms with Crippen LogP contribution in [0.4, 0.5) is 0 Å². The Balaban J connectivity index is 1.50. The maximum Gasteiger partial charge on any atom is 0.238 e. The quantitative estimate of drug-likeness (QED) is 0.144. The molecule has 0 aromatic heterocycles. The summed E-state index contributed by atoms with van der Waals surface area (Å²) in [5.41, 5.74) is 0.911. The highest BCUT2D eigenvalue weighted by Crippen LogP contribution is 2.45. The van der Waals surface area contributed by atoms with Crippen molar-refractivity contribution in [2.45, 2.75) is 121 Å². The molecule has 1 aromatic rings. The standard InChI is InChI=1S/C31H54N2O4S/c1-5-6-7-8-9-10-11-12-13-14-15-16-17-18-19-20-21-32-30(34)26-24-38-31(33-26)29-27(36-3)22-25(35-2)23-28(29)37-4/h22-23,26,31,33H,5-21,24H2,1-4H3,(H,32,34)/t26-,31?/m0/s1. The summed E-state index contributed by atoms with van der Waals surface area (Å²) in [6.07, 6.45) is 21.7. The van der Waals surface area contributed by atoms with E-state index in [9.17, 15) is 4.79 Å². The van der Waals surface area contributed by atoms with Gasteiger partial charge in [-0.2, -0.15) is 0 Å². The van der Waals surface area contributed by atoms with Gasteiger partial charge in [-0.3, -0.25) is 10.1 Å². The molecule has 1 aliphatic heterocycles. The first kappa shape index (κ1) is 32.6. The van der Waals surface area contributed by atoms with E-state index in [2.05, 4.69) is 17.6 Å². The summed E-state index contributed by atoms with van der Waals surface area (Å²) in [5.74, 6) is 2.86. The van der Waals surface area contributed by atoms with E-state index in [1.165, 1.54) is 96.3 Å². The zero-order valence-electron chi connectivity index (χ0n) is 24.6. The third-order valence-corrected chi connectivity index (χ3v) is 8.67. The van der Waals surface area contributed by atoms with Crippen LogP contribution >= 0.6 is 11.8 Å². The molecule has 38 heavy (non-hydrogen) atoms. The van der Waals surface area contributed by atoms with E-state index >= 15 is 0 Å². The van der Waals surface area contributed by atoms with Gasteiger partial charge in [0.25, 0.3) is 0 Å². The second-order valence-electron chi connectivity index (χ2n) is 10.5. The van der Waals surface area contributed by atoms with Crippen LogP contribution < -0.4 is 24.8 Å². The van der Waals surface area contributed by atoms with Gasteiger partial charge < -0.3 is 19.5 Å². The molecule has 0 spiro atoms. The maximum atomic E-state index is 12.7. The third-order valence-electron chi connectivity index (χ3n) is 7.44. The minimum Gasteiger partial charge on any atom is -0.496 e. The molecule has 0 aliphatic carbocycles. The summed E-state index contributed by atoms with van der Waals surface area (Å²) >= 11 is 1.70. The van der Waals surface area contributed by atoms with E-state index in [4.69, 9.17) is 14.2 Å². The Kier molecular flexibility index (Phi) is 17.4. The molecule has 2 N–H and O–H groups in total. The number of benzene rings is 1. The second kappa shape index (κ2) is 20.3. The van der Waals surface area contributed by atoms with E-state index in [1.54, 1.807) is 33.1 Å². The second-order valence-corrected chi connectivity index (χ2v) is 11.6. The highest BCUT2D eigenvalue weighted by molar-refractivity contribution is 7.99. The smallest absolute Gasteiger partial charge is 0.238 e. The minimum absolute atomic E-state index is 0.0721. The predicted molar refractivity (Wildman–Crippen MR) is 161 cm³/mol. The number of carbonyl (C=O) groups excluding carboxylic acids is 1. The van der Waals surface area contributed by atoms with Crippen molar-refractivity contribution in [2.75, 3.05) is 33.6 Å². The van der Waals surface area contributed by atoms with Gasteiger partial charge >= 0.3 is 0 Å². The van der Waals surface area contributed by atoms with Crippen molar-refractivity contribution in [3.8, 4) is 17.2 Å². The number of methoxy groups -OCH3 is 3. The van der Waals surface area contributed by atoms with E-state index in [0.717, 1.165) is 18.5 Å². The molecule has 1 saturated heterocycles. The van der Waals surface area contributed by atoms with Gasteiger partial charge in [-0.05, 0) is 6.42 Å². The van der Waals surface area contributed by atoms with Crippen LogP contribution in [0, 0.1) is 0 Å². The number of carbonyl (C=O) groups is 1. The maximum absolute atomic E-state index is 12.7. The first-order chi connectivity index (χ1) is 18.6. The number of hydrogen-bond donors (Lipinski definition) is 2. The lowest BCUT2D eigenvalue weighted by molar-refractivity contribution is -0.122. The van der Waals surface area contributed by atoms with Crippen LogP contribution in [0.5, 0.6) is 17.2 Å². The number of ether oxygens (including phenoxy) is 3. The Morgan fingerprint density at radius 3 is 1.71 bits per heavy atom. The molecule has 6 nitrogen and oxygen atoms in total. The van der Waals surface area contributed by atoms with Crippen LogP contribution in [0.25, 0.3) is 0 Å². The van der Waals surface area contributed by atoms with E-state index in [1.807, 2.05) is 12.1 Å². The van der Waals surface area contributed by atoms with Crippen molar-refractivity contribution < 1.29 is 19.0 Å². The molecule has 1 amide bonds. The molecule has 0 radical (unpaired) electrons. The fourth-order valence-corrected chi connectivity index (χ4v) is 6.38. The summed E-state index contributed by atoms with van der Waals surface area (Å²) in [7, 11) is 4.90. The minimum atomic E-state index is -0.220. The first-order valence-electron chi connectivity index (χ1n) is 15.1. The third kappa shape index (κ3) is 12.1. The fourth-order valence-electron chi connectivity index (χ4n) is 5.09. The lowest BCUT2D eigenvalue weighted by Gasteiger charge is -2.20. The molecule has 1 aliphatic rings. The predicted octanol–water partition coefficient (Wildman–Crippen LogP) is 7.79. The Morgan fingerprint density at radius 1 is 0.789 bits per heavy atom. The number of hydrogen-bond acceptors (Lipinski definition) is 6. The SMILES string of the molecule is CCCCCCCCCCCCCCCCCCNC(=O)[C@@H]1CSC(c2c(OC)cc(OC)cc2OC)N1. The summed E-state index contributed by atoms with van der Waals surface area (Å²) in [4.78, 5) is 12.7. The lowest BCUT2D eigenvalue weighted by atomic mass is 10.0. The van der Waals surface area contributed by atoms with Crippen molar-refractivity contribution in [2.24, 2.45) is 0 Å². The van der Waals surface area contributed by atoms with Crippen molar-refractivity contribution in [3.63, 3.8) is 0 Å². The van der Waals surface area contributed by atoms with Crippen LogP contribution in [0.15, 0.2) is 12.1 Å². The summed E-state index contributed by atoms with van der Waals surface area (Å²) < 4.78 is 16.5. The lowest BCUT2D eigenvalue weighted by Crippen LogP contribution is -2.42. The highest BCUT2D eigenvalue weighted by atomic mass is 32.2. The Labute approximate surface area is 236 Å². The van der Waals surface area contributed by atoms with Gasteiger partial charge in [-0.1, -0.05) is 103 Å². The van der Waals surface area contributed by atoms with Gasteiger partial charge in [0, 0.05) is 24.4 Å². The Bertz CT molecular complexity index is 751. The topological polar surface area (TPSA) is 68.8 Å². The molecule has 1 unspecified atom stereocenters. The number of rotatable bonds is 22. The number of thioether (sulfide) groups is 1. The zero-order chi connectivity index (χ0) is 27.4. The van der Waals surface area contributed by atoms with Gasteiger partial charge in [-0.15, -0.1) is 11.8 Å². The van der Waals surface area contributed by atoms with Crippen molar-refractivity contribution >= 4 is 17.7 Å². The molecular weight excluding hydrogens is 496 g/mol. The molecule has 7 heteroatoms. The Hall–Kier alpha value is -1.60.